The SMILES string of the molecule is CC(=O)Nc1ccc(S(=O)(=O)NCc2nc(-c3ccncc3)cs2)cc1. The van der Waals surface area contributed by atoms with Gasteiger partial charge in [-0.15, -0.1) is 11.3 Å². The zero-order valence-electron chi connectivity index (χ0n) is 13.8. The Morgan fingerprint density at radius 3 is 2.46 bits per heavy atom. The highest BCUT2D eigenvalue weighted by Crippen LogP contribution is 2.21. The van der Waals surface area contributed by atoms with Gasteiger partial charge in [-0.3, -0.25) is 9.78 Å². The van der Waals surface area contributed by atoms with Crippen LogP contribution < -0.4 is 10.0 Å². The third-order valence-electron chi connectivity index (χ3n) is 3.43. The topological polar surface area (TPSA) is 101 Å². The van der Waals surface area contributed by atoms with Crippen molar-refractivity contribution in [2.24, 2.45) is 0 Å². The van der Waals surface area contributed by atoms with E-state index < -0.39 is 10.0 Å². The molecule has 26 heavy (non-hydrogen) atoms. The molecule has 0 atom stereocenters. The highest BCUT2D eigenvalue weighted by atomic mass is 32.2. The number of hydrogen-bond acceptors (Lipinski definition) is 6. The second-order valence-corrected chi connectivity index (χ2v) is 8.10. The highest BCUT2D eigenvalue weighted by molar-refractivity contribution is 7.89. The molecule has 9 heteroatoms. The van der Waals surface area contributed by atoms with E-state index in [0.717, 1.165) is 11.3 Å². The number of sulfonamides is 1. The summed E-state index contributed by atoms with van der Waals surface area (Å²) in [6.07, 6.45) is 3.36. The van der Waals surface area contributed by atoms with E-state index in [-0.39, 0.29) is 17.3 Å². The minimum absolute atomic E-state index is 0.103. The summed E-state index contributed by atoms with van der Waals surface area (Å²) in [7, 11) is -3.67. The fourth-order valence-electron chi connectivity index (χ4n) is 2.21. The Balaban J connectivity index is 1.67. The number of hydrogen-bond donors (Lipinski definition) is 2. The zero-order valence-corrected chi connectivity index (χ0v) is 15.5. The van der Waals surface area contributed by atoms with Gasteiger partial charge in [-0.05, 0) is 36.4 Å². The molecule has 0 aliphatic heterocycles. The standard InChI is InChI=1S/C17H16N4O3S2/c1-12(22)20-14-2-4-15(5-3-14)26(23,24)19-10-17-21-16(11-25-17)13-6-8-18-9-7-13/h2-9,11,19H,10H2,1H3,(H,20,22). The number of nitrogens with one attached hydrogen (secondary N) is 2. The summed E-state index contributed by atoms with van der Waals surface area (Å²) in [5.74, 6) is -0.215. The summed E-state index contributed by atoms with van der Waals surface area (Å²) in [6.45, 7) is 1.49. The molecular formula is C17H16N4O3S2. The maximum atomic E-state index is 12.4. The van der Waals surface area contributed by atoms with E-state index in [1.165, 1.54) is 30.4 Å². The number of benzene rings is 1. The van der Waals surface area contributed by atoms with Crippen molar-refractivity contribution in [2.45, 2.75) is 18.4 Å². The van der Waals surface area contributed by atoms with Gasteiger partial charge < -0.3 is 5.32 Å². The van der Waals surface area contributed by atoms with Crippen molar-refractivity contribution in [2.75, 3.05) is 5.32 Å². The first-order valence-corrected chi connectivity index (χ1v) is 10.0. The first-order valence-electron chi connectivity index (χ1n) is 7.66. The van der Waals surface area contributed by atoms with Crippen molar-refractivity contribution in [1.82, 2.24) is 14.7 Å². The third-order valence-corrected chi connectivity index (χ3v) is 5.69. The van der Waals surface area contributed by atoms with E-state index in [1.807, 2.05) is 17.5 Å². The van der Waals surface area contributed by atoms with Crippen LogP contribution >= 0.6 is 11.3 Å². The predicted octanol–water partition coefficient (Wildman–Crippen LogP) is 2.64. The van der Waals surface area contributed by atoms with Crippen molar-refractivity contribution in [3.63, 3.8) is 0 Å². The summed E-state index contributed by atoms with van der Waals surface area (Å²) in [5, 5.41) is 5.13. The van der Waals surface area contributed by atoms with Crippen molar-refractivity contribution >= 4 is 33.0 Å². The Bertz CT molecular complexity index is 1000. The fourth-order valence-corrected chi connectivity index (χ4v) is 4.03. The Labute approximate surface area is 155 Å². The Morgan fingerprint density at radius 1 is 1.12 bits per heavy atom. The summed E-state index contributed by atoms with van der Waals surface area (Å²) < 4.78 is 27.3. The molecule has 0 saturated heterocycles. The molecule has 2 heterocycles. The molecule has 1 amide bonds. The molecule has 0 unspecified atom stereocenters. The Morgan fingerprint density at radius 2 is 1.81 bits per heavy atom. The van der Waals surface area contributed by atoms with Crippen LogP contribution in [0.25, 0.3) is 11.3 Å². The number of nitrogens with zero attached hydrogens (tertiary/aromatic N) is 2. The third kappa shape index (κ3) is 4.51. The van der Waals surface area contributed by atoms with E-state index in [9.17, 15) is 13.2 Å². The molecular weight excluding hydrogens is 372 g/mol. The van der Waals surface area contributed by atoms with E-state index in [1.54, 1.807) is 24.5 Å². The average molecular weight is 388 g/mol. The molecule has 1 aromatic carbocycles. The van der Waals surface area contributed by atoms with Crippen LogP contribution in [-0.4, -0.2) is 24.3 Å². The van der Waals surface area contributed by atoms with Crippen LogP contribution in [0.4, 0.5) is 5.69 Å². The molecule has 0 fully saturated rings. The molecule has 0 bridgehead atoms. The molecule has 7 nitrogen and oxygen atoms in total. The average Bonchev–Trinajstić information content (AvgIpc) is 3.10. The lowest BCUT2D eigenvalue weighted by Gasteiger charge is -2.07. The molecule has 3 aromatic rings. The van der Waals surface area contributed by atoms with Gasteiger partial charge in [0.15, 0.2) is 0 Å². The van der Waals surface area contributed by atoms with Gasteiger partial charge in [0.25, 0.3) is 0 Å². The Kier molecular flexibility index (Phi) is 5.40. The van der Waals surface area contributed by atoms with Crippen LogP contribution in [0.2, 0.25) is 0 Å². The second-order valence-electron chi connectivity index (χ2n) is 5.39. The van der Waals surface area contributed by atoms with Crippen LogP contribution in [0.15, 0.2) is 59.1 Å². The molecule has 0 saturated carbocycles. The Hall–Kier alpha value is -2.62. The van der Waals surface area contributed by atoms with Gasteiger partial charge in [0, 0.05) is 35.9 Å². The van der Waals surface area contributed by atoms with Gasteiger partial charge in [0.2, 0.25) is 15.9 Å². The van der Waals surface area contributed by atoms with E-state index in [2.05, 4.69) is 20.0 Å². The number of anilines is 1. The number of amides is 1. The summed E-state index contributed by atoms with van der Waals surface area (Å²) in [6, 6.07) is 9.66. The number of carbonyl (C=O) groups excluding carboxylic acids is 1. The minimum atomic E-state index is -3.67. The first kappa shape index (κ1) is 18.2. The smallest absolute Gasteiger partial charge is 0.240 e. The summed E-state index contributed by atoms with van der Waals surface area (Å²) in [5.41, 5.74) is 2.25. The van der Waals surface area contributed by atoms with Gasteiger partial charge >= 0.3 is 0 Å². The van der Waals surface area contributed by atoms with Crippen LogP contribution in [-0.2, 0) is 21.4 Å². The predicted molar refractivity (Wildman–Crippen MR) is 100 cm³/mol. The number of rotatable bonds is 6. The largest absolute Gasteiger partial charge is 0.326 e. The molecule has 3 rings (SSSR count). The summed E-state index contributed by atoms with van der Waals surface area (Å²) >= 11 is 1.38. The van der Waals surface area contributed by atoms with Gasteiger partial charge in [0.1, 0.15) is 5.01 Å². The van der Waals surface area contributed by atoms with E-state index in [4.69, 9.17) is 0 Å². The molecule has 134 valence electrons. The zero-order chi connectivity index (χ0) is 18.6. The first-order chi connectivity index (χ1) is 12.4. The molecule has 0 spiro atoms. The number of thiazole rings is 1. The van der Waals surface area contributed by atoms with Gasteiger partial charge in [-0.2, -0.15) is 0 Å². The number of carbonyl (C=O) groups is 1. The van der Waals surface area contributed by atoms with E-state index >= 15 is 0 Å². The second kappa shape index (κ2) is 7.73. The molecule has 2 aromatic heterocycles. The summed E-state index contributed by atoms with van der Waals surface area (Å²) in [4.78, 5) is 19.5. The number of pyridine rings is 1. The highest BCUT2D eigenvalue weighted by Gasteiger charge is 2.15. The van der Waals surface area contributed by atoms with Crippen LogP contribution in [0.1, 0.15) is 11.9 Å². The van der Waals surface area contributed by atoms with Crippen molar-refractivity contribution < 1.29 is 13.2 Å². The molecule has 0 aliphatic rings. The van der Waals surface area contributed by atoms with Gasteiger partial charge in [0.05, 0.1) is 17.1 Å². The maximum absolute atomic E-state index is 12.4. The van der Waals surface area contributed by atoms with Crippen molar-refractivity contribution in [3.8, 4) is 11.3 Å². The lowest BCUT2D eigenvalue weighted by molar-refractivity contribution is -0.114. The monoisotopic (exact) mass is 388 g/mol. The normalized spacial score (nSPS) is 11.3. The van der Waals surface area contributed by atoms with Crippen LogP contribution in [0.3, 0.4) is 0 Å². The van der Waals surface area contributed by atoms with Gasteiger partial charge in [-0.25, -0.2) is 18.1 Å². The van der Waals surface area contributed by atoms with Crippen LogP contribution in [0.5, 0.6) is 0 Å². The fraction of sp³-hybridized carbons (Fsp3) is 0.118. The number of aromatic nitrogens is 2. The lowest BCUT2D eigenvalue weighted by atomic mass is 10.2. The van der Waals surface area contributed by atoms with Gasteiger partial charge in [-0.1, -0.05) is 0 Å². The molecule has 2 N–H and O–H groups in total. The van der Waals surface area contributed by atoms with Crippen LogP contribution in [0, 0.1) is 0 Å². The van der Waals surface area contributed by atoms with Crippen molar-refractivity contribution in [1.29, 1.82) is 0 Å². The minimum Gasteiger partial charge on any atom is -0.326 e. The van der Waals surface area contributed by atoms with E-state index in [0.29, 0.717) is 10.7 Å². The molecule has 0 radical (unpaired) electrons. The van der Waals surface area contributed by atoms with Crippen molar-refractivity contribution in [3.05, 3.63) is 59.2 Å². The molecule has 0 aliphatic carbocycles. The lowest BCUT2D eigenvalue weighted by Crippen LogP contribution is -2.23. The quantitative estimate of drug-likeness (QED) is 0.676. The maximum Gasteiger partial charge on any atom is 0.240 e.